The molecular weight excluding hydrogens is 350 g/mol. The van der Waals surface area contributed by atoms with Crippen molar-refractivity contribution in [3.05, 3.63) is 63.7 Å². The van der Waals surface area contributed by atoms with E-state index in [1.165, 1.54) is 24.3 Å². The van der Waals surface area contributed by atoms with Crippen molar-refractivity contribution in [2.75, 3.05) is 10.6 Å². The number of nitro benzene ring substituents is 1. The second-order valence-electron chi connectivity index (χ2n) is 4.80. The predicted octanol–water partition coefficient (Wildman–Crippen LogP) is 3.94. The molecule has 1 heterocycles. The molecule has 9 nitrogen and oxygen atoms in total. The molecule has 0 aliphatic rings. The fourth-order valence-electron chi connectivity index (χ4n) is 1.91. The maximum atomic E-state index is 11.9. The molecule has 0 saturated heterocycles. The van der Waals surface area contributed by atoms with Gasteiger partial charge in [0.25, 0.3) is 5.69 Å². The van der Waals surface area contributed by atoms with E-state index in [0.717, 1.165) is 0 Å². The number of non-ortho nitro benzene ring substituents is 1. The number of nitro groups is 1. The largest absolute Gasteiger partial charge is 0.403 e. The normalized spacial score (nSPS) is 10.3. The average Bonchev–Trinajstić information content (AvgIpc) is 3.04. The fraction of sp³-hybridized carbons (Fsp3) is 0. The van der Waals surface area contributed by atoms with Crippen LogP contribution in [0.2, 0.25) is 5.02 Å². The Balaban J connectivity index is 1.63. The Hall–Kier alpha value is -3.46. The second kappa shape index (κ2) is 6.97. The Morgan fingerprint density at radius 2 is 1.72 bits per heavy atom. The van der Waals surface area contributed by atoms with Crippen molar-refractivity contribution in [3.63, 3.8) is 0 Å². The summed E-state index contributed by atoms with van der Waals surface area (Å²) in [7, 11) is 0. The zero-order valence-corrected chi connectivity index (χ0v) is 13.2. The van der Waals surface area contributed by atoms with E-state index in [4.69, 9.17) is 16.0 Å². The van der Waals surface area contributed by atoms with Crippen LogP contribution in [0.5, 0.6) is 0 Å². The van der Waals surface area contributed by atoms with Gasteiger partial charge in [-0.05, 0) is 36.4 Å². The molecule has 2 amide bonds. The highest BCUT2D eigenvalue weighted by Crippen LogP contribution is 2.22. The monoisotopic (exact) mass is 359 g/mol. The maximum Gasteiger partial charge on any atom is 0.327 e. The molecule has 0 bridgehead atoms. The van der Waals surface area contributed by atoms with Gasteiger partial charge in [-0.3, -0.25) is 15.4 Å². The molecular formula is C15H10ClN5O4. The molecule has 0 spiro atoms. The lowest BCUT2D eigenvalue weighted by molar-refractivity contribution is -0.384. The number of aromatic nitrogens is 2. The number of halogens is 1. The topological polar surface area (TPSA) is 123 Å². The summed E-state index contributed by atoms with van der Waals surface area (Å²) in [4.78, 5) is 21.9. The minimum Gasteiger partial charge on any atom is -0.403 e. The Labute approximate surface area is 145 Å². The molecule has 3 rings (SSSR count). The summed E-state index contributed by atoms with van der Waals surface area (Å²) >= 11 is 5.81. The number of rotatable bonds is 4. The molecule has 0 radical (unpaired) electrons. The van der Waals surface area contributed by atoms with Crippen LogP contribution < -0.4 is 10.6 Å². The summed E-state index contributed by atoms with van der Waals surface area (Å²) < 4.78 is 5.34. The quantitative estimate of drug-likeness (QED) is 0.537. The van der Waals surface area contributed by atoms with Gasteiger partial charge in [0.05, 0.1) is 4.92 Å². The number of urea groups is 1. The van der Waals surface area contributed by atoms with Gasteiger partial charge >= 0.3 is 12.0 Å². The minimum absolute atomic E-state index is 0.0736. The van der Waals surface area contributed by atoms with Gasteiger partial charge in [0, 0.05) is 28.4 Å². The van der Waals surface area contributed by atoms with Gasteiger partial charge in [0.15, 0.2) is 0 Å². The third-order valence-corrected chi connectivity index (χ3v) is 3.32. The molecule has 0 unspecified atom stereocenters. The average molecular weight is 360 g/mol. The highest BCUT2D eigenvalue weighted by Gasteiger charge is 2.12. The molecule has 10 heteroatoms. The number of amides is 2. The third-order valence-electron chi connectivity index (χ3n) is 3.07. The fourth-order valence-corrected chi connectivity index (χ4v) is 2.03. The van der Waals surface area contributed by atoms with E-state index in [9.17, 15) is 14.9 Å². The van der Waals surface area contributed by atoms with Crippen molar-refractivity contribution in [2.24, 2.45) is 0 Å². The Morgan fingerprint density at radius 3 is 2.36 bits per heavy atom. The first-order valence-electron chi connectivity index (χ1n) is 6.93. The van der Waals surface area contributed by atoms with Crippen LogP contribution in [0.3, 0.4) is 0 Å². The van der Waals surface area contributed by atoms with E-state index in [1.807, 2.05) is 0 Å². The minimum atomic E-state index is -0.625. The van der Waals surface area contributed by atoms with Gasteiger partial charge in [-0.1, -0.05) is 16.7 Å². The number of nitrogens with zero attached hydrogens (tertiary/aromatic N) is 3. The maximum absolute atomic E-state index is 11.9. The molecule has 0 fully saturated rings. The number of hydrogen-bond acceptors (Lipinski definition) is 6. The van der Waals surface area contributed by atoms with Crippen molar-refractivity contribution in [2.45, 2.75) is 0 Å². The summed E-state index contributed by atoms with van der Waals surface area (Å²) in [6.07, 6.45) is 0. The lowest BCUT2D eigenvalue weighted by atomic mass is 10.2. The summed E-state index contributed by atoms with van der Waals surface area (Å²) in [5.41, 5.74) is 0.955. The predicted molar refractivity (Wildman–Crippen MR) is 90.5 cm³/mol. The Morgan fingerprint density at radius 1 is 1.04 bits per heavy atom. The highest BCUT2D eigenvalue weighted by molar-refractivity contribution is 6.30. The molecule has 0 aliphatic heterocycles. The number of carbonyl (C=O) groups excluding carboxylic acids is 1. The first-order chi connectivity index (χ1) is 12.0. The van der Waals surface area contributed by atoms with Gasteiger partial charge in [-0.25, -0.2) is 4.79 Å². The smallest absolute Gasteiger partial charge is 0.327 e. The van der Waals surface area contributed by atoms with Gasteiger partial charge < -0.3 is 9.73 Å². The number of hydrogen-bond donors (Lipinski definition) is 2. The molecule has 3 aromatic rings. The zero-order valence-electron chi connectivity index (χ0n) is 12.5. The van der Waals surface area contributed by atoms with Crippen LogP contribution in [0.1, 0.15) is 0 Å². The summed E-state index contributed by atoms with van der Waals surface area (Å²) in [5.74, 6) is 0.224. The second-order valence-corrected chi connectivity index (χ2v) is 5.24. The molecule has 0 atom stereocenters. The summed E-state index contributed by atoms with van der Waals surface area (Å²) in [6.45, 7) is 0. The van der Waals surface area contributed by atoms with Crippen LogP contribution in [0.25, 0.3) is 11.5 Å². The summed E-state index contributed by atoms with van der Waals surface area (Å²) in [6, 6.07) is 11.4. The van der Waals surface area contributed by atoms with E-state index in [-0.39, 0.29) is 17.6 Å². The van der Waals surface area contributed by atoms with E-state index < -0.39 is 11.0 Å². The molecule has 2 N–H and O–H groups in total. The van der Waals surface area contributed by atoms with Crippen molar-refractivity contribution < 1.29 is 14.1 Å². The number of anilines is 2. The molecule has 0 saturated carbocycles. The van der Waals surface area contributed by atoms with E-state index in [0.29, 0.717) is 16.3 Å². The van der Waals surface area contributed by atoms with E-state index in [2.05, 4.69) is 20.8 Å². The van der Waals surface area contributed by atoms with Crippen molar-refractivity contribution in [3.8, 4) is 11.5 Å². The van der Waals surface area contributed by atoms with Gasteiger partial charge in [0.2, 0.25) is 5.89 Å². The summed E-state index contributed by atoms with van der Waals surface area (Å²) in [5, 5.41) is 23.6. The van der Waals surface area contributed by atoms with Crippen LogP contribution in [0, 0.1) is 10.1 Å². The Kier molecular flexibility index (Phi) is 4.57. The van der Waals surface area contributed by atoms with E-state index >= 15 is 0 Å². The van der Waals surface area contributed by atoms with Crippen molar-refractivity contribution >= 4 is 35.0 Å². The molecule has 126 valence electrons. The Bertz CT molecular complexity index is 908. The van der Waals surface area contributed by atoms with Crippen molar-refractivity contribution in [1.29, 1.82) is 0 Å². The standard InChI is InChI=1S/C15H10ClN5O4/c16-10-3-1-9(2-4-10)13-19-20-15(25-13)18-14(22)17-11-5-7-12(8-6-11)21(23)24/h1-8H,(H2,17,18,20,22). The lowest BCUT2D eigenvalue weighted by Gasteiger charge is -2.04. The lowest BCUT2D eigenvalue weighted by Crippen LogP contribution is -2.19. The number of nitrogens with one attached hydrogen (secondary N) is 2. The number of carbonyl (C=O) groups is 1. The van der Waals surface area contributed by atoms with E-state index in [1.54, 1.807) is 24.3 Å². The van der Waals surface area contributed by atoms with Crippen LogP contribution in [-0.4, -0.2) is 21.2 Å². The first kappa shape index (κ1) is 16.4. The van der Waals surface area contributed by atoms with Crippen LogP contribution in [0.15, 0.2) is 52.9 Å². The van der Waals surface area contributed by atoms with Crippen molar-refractivity contribution in [1.82, 2.24) is 10.2 Å². The molecule has 0 aliphatic carbocycles. The zero-order chi connectivity index (χ0) is 17.8. The molecule has 1 aromatic heterocycles. The van der Waals surface area contributed by atoms with Gasteiger partial charge in [-0.2, -0.15) is 0 Å². The van der Waals surface area contributed by atoms with Gasteiger partial charge in [-0.15, -0.1) is 5.10 Å². The van der Waals surface area contributed by atoms with Crippen LogP contribution in [-0.2, 0) is 0 Å². The van der Waals surface area contributed by atoms with Crippen LogP contribution in [0.4, 0.5) is 22.2 Å². The van der Waals surface area contributed by atoms with Crippen LogP contribution >= 0.6 is 11.6 Å². The first-order valence-corrected chi connectivity index (χ1v) is 7.31. The SMILES string of the molecule is O=C(Nc1ccc([N+](=O)[O-])cc1)Nc1nnc(-c2ccc(Cl)cc2)o1. The van der Waals surface area contributed by atoms with Gasteiger partial charge in [0.1, 0.15) is 0 Å². The third kappa shape index (κ3) is 4.09. The highest BCUT2D eigenvalue weighted by atomic mass is 35.5. The molecule has 2 aromatic carbocycles. The molecule has 25 heavy (non-hydrogen) atoms. The number of benzene rings is 2.